The fourth-order valence-corrected chi connectivity index (χ4v) is 2.67. The van der Waals surface area contributed by atoms with Gasteiger partial charge in [-0.15, -0.1) is 0 Å². The average Bonchev–Trinajstić information content (AvgIpc) is 2.25. The highest BCUT2D eigenvalue weighted by atomic mass is 32.2. The Kier molecular flexibility index (Phi) is 7.50. The van der Waals surface area contributed by atoms with E-state index in [1.165, 1.54) is 32.1 Å². The molecule has 0 bridgehead atoms. The molecule has 0 N–H and O–H groups in total. The zero-order chi connectivity index (χ0) is 11.8. The third-order valence-corrected chi connectivity index (χ3v) is 3.89. The van der Waals surface area contributed by atoms with Gasteiger partial charge >= 0.3 is 0 Å². The number of hydrogen-bond donors (Lipinski definition) is 0. The molecule has 0 radical (unpaired) electrons. The van der Waals surface area contributed by atoms with Gasteiger partial charge in [0.2, 0.25) is 0 Å². The second-order valence-corrected chi connectivity index (χ2v) is 6.44. The Labute approximate surface area is 104 Å². The van der Waals surface area contributed by atoms with Crippen molar-refractivity contribution in [3.63, 3.8) is 0 Å². The molecule has 1 saturated carbocycles. The van der Waals surface area contributed by atoms with Crippen LogP contribution in [0.5, 0.6) is 0 Å². The van der Waals surface area contributed by atoms with Crippen LogP contribution in [0, 0.1) is 0 Å². The molecule has 16 heavy (non-hydrogen) atoms. The molecule has 0 aliphatic heterocycles. The van der Waals surface area contributed by atoms with Crippen molar-refractivity contribution in [3.05, 3.63) is 0 Å². The maximum absolute atomic E-state index is 5.87. The van der Waals surface area contributed by atoms with E-state index in [0.29, 0.717) is 11.4 Å². The standard InChI is InChI=1S/C13H26O2S/c1-11(2)16-10-9-14-12(3)15-13-7-5-4-6-8-13/h11-13H,4-10H2,1-3H3. The van der Waals surface area contributed by atoms with Crippen molar-refractivity contribution >= 4 is 11.8 Å². The number of ether oxygens (including phenoxy) is 2. The quantitative estimate of drug-likeness (QED) is 0.502. The fraction of sp³-hybridized carbons (Fsp3) is 1.00. The molecule has 2 nitrogen and oxygen atoms in total. The zero-order valence-corrected chi connectivity index (χ0v) is 11.7. The Morgan fingerprint density at radius 3 is 2.44 bits per heavy atom. The van der Waals surface area contributed by atoms with E-state index in [1.807, 2.05) is 18.7 Å². The first-order chi connectivity index (χ1) is 7.68. The van der Waals surface area contributed by atoms with Gasteiger partial charge in [-0.3, -0.25) is 0 Å². The normalized spacial score (nSPS) is 20.2. The lowest BCUT2D eigenvalue weighted by Gasteiger charge is -2.25. The van der Waals surface area contributed by atoms with E-state index >= 15 is 0 Å². The molecule has 1 fully saturated rings. The zero-order valence-electron chi connectivity index (χ0n) is 10.9. The first-order valence-electron chi connectivity index (χ1n) is 6.57. The molecule has 1 aliphatic carbocycles. The first-order valence-corrected chi connectivity index (χ1v) is 7.62. The van der Waals surface area contributed by atoms with Crippen LogP contribution in [-0.4, -0.2) is 30.0 Å². The monoisotopic (exact) mass is 246 g/mol. The molecule has 3 heteroatoms. The maximum Gasteiger partial charge on any atom is 0.155 e. The van der Waals surface area contributed by atoms with Crippen molar-refractivity contribution in [1.82, 2.24) is 0 Å². The number of rotatable bonds is 7. The molecular formula is C13H26O2S. The summed E-state index contributed by atoms with van der Waals surface area (Å²) in [5.74, 6) is 1.07. The van der Waals surface area contributed by atoms with Crippen molar-refractivity contribution in [2.45, 2.75) is 70.5 Å². The van der Waals surface area contributed by atoms with Gasteiger partial charge in [-0.1, -0.05) is 33.1 Å². The highest BCUT2D eigenvalue weighted by molar-refractivity contribution is 7.99. The summed E-state index contributed by atoms with van der Waals surface area (Å²) in [4.78, 5) is 0. The van der Waals surface area contributed by atoms with Crippen LogP contribution in [0.1, 0.15) is 52.9 Å². The highest BCUT2D eigenvalue weighted by Crippen LogP contribution is 2.21. The lowest BCUT2D eigenvalue weighted by molar-refractivity contribution is -0.162. The van der Waals surface area contributed by atoms with Crippen LogP contribution in [-0.2, 0) is 9.47 Å². The van der Waals surface area contributed by atoms with Crippen LogP contribution in [0.4, 0.5) is 0 Å². The summed E-state index contributed by atoms with van der Waals surface area (Å²) in [7, 11) is 0. The van der Waals surface area contributed by atoms with Crippen LogP contribution in [0.3, 0.4) is 0 Å². The first kappa shape index (κ1) is 14.3. The molecule has 0 heterocycles. The summed E-state index contributed by atoms with van der Waals surface area (Å²) in [6.45, 7) is 7.25. The lowest BCUT2D eigenvalue weighted by atomic mass is 9.98. The van der Waals surface area contributed by atoms with E-state index in [4.69, 9.17) is 9.47 Å². The Morgan fingerprint density at radius 1 is 1.12 bits per heavy atom. The van der Waals surface area contributed by atoms with Gasteiger partial charge in [0.25, 0.3) is 0 Å². The summed E-state index contributed by atoms with van der Waals surface area (Å²) in [5.41, 5.74) is 0. The third kappa shape index (κ3) is 6.77. The predicted molar refractivity (Wildman–Crippen MR) is 71.0 cm³/mol. The van der Waals surface area contributed by atoms with Gasteiger partial charge in [0.1, 0.15) is 0 Å². The third-order valence-electron chi connectivity index (χ3n) is 2.82. The van der Waals surface area contributed by atoms with E-state index in [9.17, 15) is 0 Å². The molecule has 96 valence electrons. The smallest absolute Gasteiger partial charge is 0.155 e. The van der Waals surface area contributed by atoms with Crippen LogP contribution in [0.25, 0.3) is 0 Å². The van der Waals surface area contributed by atoms with E-state index < -0.39 is 0 Å². The van der Waals surface area contributed by atoms with E-state index in [-0.39, 0.29) is 6.29 Å². The molecule has 1 rings (SSSR count). The summed E-state index contributed by atoms with van der Waals surface area (Å²) in [6.07, 6.45) is 6.86. The van der Waals surface area contributed by atoms with Crippen molar-refractivity contribution in [1.29, 1.82) is 0 Å². The van der Waals surface area contributed by atoms with E-state index in [2.05, 4.69) is 13.8 Å². The van der Waals surface area contributed by atoms with Crippen LogP contribution in [0.15, 0.2) is 0 Å². The summed E-state index contributed by atoms with van der Waals surface area (Å²) < 4.78 is 11.5. The molecule has 1 unspecified atom stereocenters. The number of hydrogen-bond acceptors (Lipinski definition) is 3. The Balaban J connectivity index is 1.99. The molecule has 0 amide bonds. The molecule has 0 aromatic heterocycles. The summed E-state index contributed by atoms with van der Waals surface area (Å²) in [5, 5.41) is 0.693. The van der Waals surface area contributed by atoms with Gasteiger partial charge in [-0.25, -0.2) is 0 Å². The van der Waals surface area contributed by atoms with Gasteiger partial charge in [0.15, 0.2) is 6.29 Å². The molecule has 0 spiro atoms. The van der Waals surface area contributed by atoms with Crippen LogP contribution in [0.2, 0.25) is 0 Å². The maximum atomic E-state index is 5.87. The molecular weight excluding hydrogens is 220 g/mol. The topological polar surface area (TPSA) is 18.5 Å². The average molecular weight is 246 g/mol. The fourth-order valence-electron chi connectivity index (χ4n) is 2.01. The van der Waals surface area contributed by atoms with Gasteiger partial charge in [0, 0.05) is 5.75 Å². The summed E-state index contributed by atoms with van der Waals surface area (Å²) in [6, 6.07) is 0. The Hall–Kier alpha value is 0.270. The number of thioether (sulfide) groups is 1. The minimum Gasteiger partial charge on any atom is -0.352 e. The van der Waals surface area contributed by atoms with Crippen molar-refractivity contribution < 1.29 is 9.47 Å². The second-order valence-electron chi connectivity index (χ2n) is 4.75. The highest BCUT2D eigenvalue weighted by Gasteiger charge is 2.16. The molecule has 1 aliphatic rings. The Morgan fingerprint density at radius 2 is 1.81 bits per heavy atom. The SMILES string of the molecule is CC(OCCSC(C)C)OC1CCCCC1. The van der Waals surface area contributed by atoms with Crippen molar-refractivity contribution in [2.75, 3.05) is 12.4 Å². The summed E-state index contributed by atoms with van der Waals surface area (Å²) >= 11 is 1.94. The van der Waals surface area contributed by atoms with Crippen LogP contribution < -0.4 is 0 Å². The van der Waals surface area contributed by atoms with Gasteiger partial charge in [-0.2, -0.15) is 11.8 Å². The Bertz CT molecular complexity index is 167. The minimum absolute atomic E-state index is 0.0316. The van der Waals surface area contributed by atoms with Crippen LogP contribution >= 0.6 is 11.8 Å². The van der Waals surface area contributed by atoms with Crippen molar-refractivity contribution in [2.24, 2.45) is 0 Å². The molecule has 0 aromatic carbocycles. The van der Waals surface area contributed by atoms with E-state index in [0.717, 1.165) is 12.4 Å². The van der Waals surface area contributed by atoms with Gasteiger partial charge in [-0.05, 0) is 25.0 Å². The molecule has 0 saturated heterocycles. The second kappa shape index (κ2) is 8.37. The molecule has 1 atom stereocenters. The largest absolute Gasteiger partial charge is 0.352 e. The predicted octanol–water partition coefficient (Wildman–Crippen LogP) is 3.84. The minimum atomic E-state index is -0.0316. The van der Waals surface area contributed by atoms with Gasteiger partial charge < -0.3 is 9.47 Å². The molecule has 0 aromatic rings. The van der Waals surface area contributed by atoms with E-state index in [1.54, 1.807) is 0 Å². The lowest BCUT2D eigenvalue weighted by Crippen LogP contribution is -2.25. The van der Waals surface area contributed by atoms with Crippen molar-refractivity contribution in [3.8, 4) is 0 Å². The van der Waals surface area contributed by atoms with Gasteiger partial charge in [0.05, 0.1) is 12.7 Å².